The molecule has 0 aliphatic carbocycles. The highest BCUT2D eigenvalue weighted by Crippen LogP contribution is 2.28. The zero-order chi connectivity index (χ0) is 14.0. The van der Waals surface area contributed by atoms with Gasteiger partial charge in [-0.25, -0.2) is 0 Å². The second-order valence-corrected chi connectivity index (χ2v) is 5.61. The molecule has 1 N–H and O–H groups in total. The summed E-state index contributed by atoms with van der Waals surface area (Å²) >= 11 is 12.0. The van der Waals surface area contributed by atoms with E-state index in [4.69, 9.17) is 23.2 Å². The monoisotopic (exact) mass is 298 g/mol. The molecule has 1 aromatic heterocycles. The number of hydrogen-bond donors (Lipinski definition) is 1. The number of aliphatic hydroxyl groups excluding tert-OH is 1. The minimum absolute atomic E-state index is 0.306. The van der Waals surface area contributed by atoms with E-state index >= 15 is 0 Å². The summed E-state index contributed by atoms with van der Waals surface area (Å²) in [6, 6.07) is 7.29. The number of nitrogens with zero attached hydrogens (tertiary/aromatic N) is 2. The Morgan fingerprint density at radius 2 is 2.00 bits per heavy atom. The van der Waals surface area contributed by atoms with Crippen LogP contribution in [0.1, 0.15) is 37.3 Å². The molecule has 0 saturated carbocycles. The summed E-state index contributed by atoms with van der Waals surface area (Å²) in [5.74, 6) is 0. The first-order valence-corrected chi connectivity index (χ1v) is 6.90. The van der Waals surface area contributed by atoms with Crippen LogP contribution < -0.4 is 0 Å². The van der Waals surface area contributed by atoms with Gasteiger partial charge >= 0.3 is 0 Å². The topological polar surface area (TPSA) is 38.0 Å². The molecular weight excluding hydrogens is 283 g/mol. The van der Waals surface area contributed by atoms with Crippen LogP contribution in [0.25, 0.3) is 0 Å². The molecule has 0 saturated heterocycles. The Kier molecular flexibility index (Phi) is 4.50. The molecule has 0 aliphatic rings. The molecule has 0 spiro atoms. The Morgan fingerprint density at radius 3 is 2.63 bits per heavy atom. The van der Waals surface area contributed by atoms with E-state index in [1.54, 1.807) is 18.2 Å². The van der Waals surface area contributed by atoms with Crippen LogP contribution in [0.3, 0.4) is 0 Å². The van der Waals surface area contributed by atoms with E-state index < -0.39 is 6.10 Å². The fraction of sp³-hybridized carbons (Fsp3) is 0.357. The summed E-state index contributed by atoms with van der Waals surface area (Å²) in [5, 5.41) is 15.7. The summed E-state index contributed by atoms with van der Waals surface area (Å²) in [4.78, 5) is 0. The van der Waals surface area contributed by atoms with E-state index in [1.807, 2.05) is 16.9 Å². The first kappa shape index (κ1) is 14.4. The van der Waals surface area contributed by atoms with Crippen molar-refractivity contribution in [2.45, 2.75) is 32.4 Å². The molecule has 1 heterocycles. The SMILES string of the molecule is CC(C)n1ccc(CC(O)c2cc(Cl)ccc2Cl)n1. The fourth-order valence-electron chi connectivity index (χ4n) is 1.85. The third-order valence-corrected chi connectivity index (χ3v) is 3.49. The molecule has 0 aliphatic heterocycles. The van der Waals surface area contributed by atoms with Gasteiger partial charge in [0.15, 0.2) is 0 Å². The molecule has 19 heavy (non-hydrogen) atoms. The fourth-order valence-corrected chi connectivity index (χ4v) is 2.28. The van der Waals surface area contributed by atoms with E-state index in [-0.39, 0.29) is 0 Å². The van der Waals surface area contributed by atoms with Crippen molar-refractivity contribution in [3.8, 4) is 0 Å². The van der Waals surface area contributed by atoms with Gasteiger partial charge in [-0.05, 0) is 38.1 Å². The van der Waals surface area contributed by atoms with E-state index in [9.17, 15) is 5.11 Å². The number of rotatable bonds is 4. The maximum Gasteiger partial charge on any atom is 0.0861 e. The maximum absolute atomic E-state index is 10.2. The van der Waals surface area contributed by atoms with Crippen LogP contribution in [0.15, 0.2) is 30.5 Å². The lowest BCUT2D eigenvalue weighted by atomic mass is 10.1. The highest BCUT2D eigenvalue weighted by atomic mass is 35.5. The number of aromatic nitrogens is 2. The Morgan fingerprint density at radius 1 is 1.26 bits per heavy atom. The van der Waals surface area contributed by atoms with Gasteiger partial charge in [-0.15, -0.1) is 0 Å². The van der Waals surface area contributed by atoms with Crippen LogP contribution in [0.5, 0.6) is 0 Å². The van der Waals surface area contributed by atoms with Gasteiger partial charge in [0.05, 0.1) is 11.8 Å². The predicted molar refractivity (Wildman–Crippen MR) is 77.7 cm³/mol. The Labute approximate surface area is 122 Å². The number of benzene rings is 1. The van der Waals surface area contributed by atoms with Crippen LogP contribution >= 0.6 is 23.2 Å². The molecule has 0 bridgehead atoms. The van der Waals surface area contributed by atoms with Crippen LogP contribution in [0, 0.1) is 0 Å². The van der Waals surface area contributed by atoms with Gasteiger partial charge in [0.1, 0.15) is 0 Å². The molecule has 1 aromatic carbocycles. The van der Waals surface area contributed by atoms with E-state index in [0.717, 1.165) is 5.69 Å². The number of halogens is 2. The molecule has 0 radical (unpaired) electrons. The third-order valence-electron chi connectivity index (χ3n) is 2.91. The molecule has 0 amide bonds. The minimum Gasteiger partial charge on any atom is -0.388 e. The van der Waals surface area contributed by atoms with E-state index in [0.29, 0.717) is 28.1 Å². The van der Waals surface area contributed by atoms with Gasteiger partial charge in [0.2, 0.25) is 0 Å². The minimum atomic E-state index is -0.707. The van der Waals surface area contributed by atoms with Gasteiger partial charge in [-0.1, -0.05) is 23.2 Å². The summed E-state index contributed by atoms with van der Waals surface area (Å²) in [5.41, 5.74) is 1.46. The van der Waals surface area contributed by atoms with Gasteiger partial charge < -0.3 is 5.11 Å². The van der Waals surface area contributed by atoms with E-state index in [2.05, 4.69) is 18.9 Å². The van der Waals surface area contributed by atoms with E-state index in [1.165, 1.54) is 0 Å². The van der Waals surface area contributed by atoms with Gasteiger partial charge in [-0.3, -0.25) is 4.68 Å². The quantitative estimate of drug-likeness (QED) is 0.925. The van der Waals surface area contributed by atoms with Gasteiger partial charge in [0, 0.05) is 34.3 Å². The average molecular weight is 299 g/mol. The van der Waals surface area contributed by atoms with Crippen LogP contribution in [0.2, 0.25) is 10.0 Å². The van der Waals surface area contributed by atoms with Crippen molar-refractivity contribution in [2.75, 3.05) is 0 Å². The smallest absolute Gasteiger partial charge is 0.0861 e. The molecule has 1 unspecified atom stereocenters. The van der Waals surface area contributed by atoms with Crippen LogP contribution in [-0.2, 0) is 6.42 Å². The first-order chi connectivity index (χ1) is 8.97. The van der Waals surface area contributed by atoms with Gasteiger partial charge in [-0.2, -0.15) is 5.10 Å². The zero-order valence-electron chi connectivity index (χ0n) is 10.8. The lowest BCUT2D eigenvalue weighted by Crippen LogP contribution is -2.06. The Hall–Kier alpha value is -1.03. The lowest BCUT2D eigenvalue weighted by molar-refractivity contribution is 0.177. The van der Waals surface area contributed by atoms with Crippen molar-refractivity contribution in [1.29, 1.82) is 0 Å². The van der Waals surface area contributed by atoms with Crippen LogP contribution in [-0.4, -0.2) is 14.9 Å². The molecule has 2 rings (SSSR count). The molecular formula is C14H16Cl2N2O. The van der Waals surface area contributed by atoms with Gasteiger partial charge in [0.25, 0.3) is 0 Å². The van der Waals surface area contributed by atoms with Crippen molar-refractivity contribution in [2.24, 2.45) is 0 Å². The molecule has 102 valence electrons. The Balaban J connectivity index is 2.15. The van der Waals surface area contributed by atoms with Crippen LogP contribution in [0.4, 0.5) is 0 Å². The largest absolute Gasteiger partial charge is 0.388 e. The number of aliphatic hydroxyl groups is 1. The predicted octanol–water partition coefficient (Wildman–Crippen LogP) is 4.05. The number of hydrogen-bond acceptors (Lipinski definition) is 2. The van der Waals surface area contributed by atoms with Crippen molar-refractivity contribution in [1.82, 2.24) is 9.78 Å². The second-order valence-electron chi connectivity index (χ2n) is 4.77. The molecule has 0 fully saturated rings. The van der Waals surface area contributed by atoms with Crippen molar-refractivity contribution < 1.29 is 5.11 Å². The lowest BCUT2D eigenvalue weighted by Gasteiger charge is -2.12. The standard InChI is InChI=1S/C14H16Cl2N2O/c1-9(2)18-6-5-11(17-18)8-14(19)12-7-10(15)3-4-13(12)16/h3-7,9,14,19H,8H2,1-2H3. The summed E-state index contributed by atoms with van der Waals surface area (Å²) in [6.07, 6.45) is 1.62. The average Bonchev–Trinajstić information content (AvgIpc) is 2.80. The highest BCUT2D eigenvalue weighted by Gasteiger charge is 2.14. The molecule has 1 atom stereocenters. The second kappa shape index (κ2) is 5.95. The molecule has 2 aromatic rings. The highest BCUT2D eigenvalue weighted by molar-refractivity contribution is 6.33. The molecule has 5 heteroatoms. The third kappa shape index (κ3) is 3.50. The Bertz CT molecular complexity index is 566. The maximum atomic E-state index is 10.2. The summed E-state index contributed by atoms with van der Waals surface area (Å²) in [7, 11) is 0. The first-order valence-electron chi connectivity index (χ1n) is 6.14. The van der Waals surface area contributed by atoms with Crippen molar-refractivity contribution >= 4 is 23.2 Å². The zero-order valence-corrected chi connectivity index (χ0v) is 12.4. The molecule has 3 nitrogen and oxygen atoms in total. The van der Waals surface area contributed by atoms with Crippen molar-refractivity contribution in [3.05, 3.63) is 51.8 Å². The summed E-state index contributed by atoms with van der Waals surface area (Å²) in [6.45, 7) is 4.11. The van der Waals surface area contributed by atoms with Crippen molar-refractivity contribution in [3.63, 3.8) is 0 Å². The summed E-state index contributed by atoms with van der Waals surface area (Å²) < 4.78 is 1.86. The normalized spacial score (nSPS) is 12.9.